The Balaban J connectivity index is 1.82. The first kappa shape index (κ1) is 15.9. The van der Waals surface area contributed by atoms with Crippen LogP contribution in [0.2, 0.25) is 0 Å². The highest BCUT2D eigenvalue weighted by molar-refractivity contribution is 7.80. The van der Waals surface area contributed by atoms with Crippen molar-refractivity contribution >= 4 is 22.1 Å². The second kappa shape index (κ2) is 5.56. The van der Waals surface area contributed by atoms with Gasteiger partial charge in [0, 0.05) is 13.1 Å². The molecule has 1 saturated heterocycles. The van der Waals surface area contributed by atoms with Crippen LogP contribution >= 0.6 is 0 Å². The summed E-state index contributed by atoms with van der Waals surface area (Å²) in [5, 5.41) is 8.71. The van der Waals surface area contributed by atoms with Crippen LogP contribution in [-0.4, -0.2) is 82.1 Å². The van der Waals surface area contributed by atoms with E-state index in [0.29, 0.717) is 17.3 Å². The second-order valence-corrected chi connectivity index (χ2v) is 6.61. The molecule has 12 heteroatoms. The fourth-order valence-electron chi connectivity index (χ4n) is 2.55. The Bertz CT molecular complexity index is 757. The van der Waals surface area contributed by atoms with E-state index in [9.17, 15) is 13.2 Å². The lowest BCUT2D eigenvalue weighted by Gasteiger charge is -2.20. The number of hydrogen-bond donors (Lipinski definition) is 1. The lowest BCUT2D eigenvalue weighted by atomic mass is 10.2. The number of nitrogens with zero attached hydrogens (tertiary/aromatic N) is 6. The Hall–Kier alpha value is -2.02. The third-order valence-corrected chi connectivity index (χ3v) is 3.74. The minimum Gasteiger partial charge on any atom is -0.314 e. The van der Waals surface area contributed by atoms with E-state index in [2.05, 4.69) is 14.6 Å². The third-order valence-electron chi connectivity index (χ3n) is 3.39. The Morgan fingerprint density at radius 2 is 2.22 bits per heavy atom. The van der Waals surface area contributed by atoms with Crippen LogP contribution in [0.25, 0.3) is 5.70 Å². The van der Waals surface area contributed by atoms with E-state index in [1.807, 2.05) is 19.0 Å². The molecule has 1 atom stereocenters. The normalized spacial score (nSPS) is 21.3. The summed E-state index contributed by atoms with van der Waals surface area (Å²) in [7, 11) is -0.940. The molecule has 1 N–H and O–H groups in total. The van der Waals surface area contributed by atoms with Crippen molar-refractivity contribution in [2.24, 2.45) is 0 Å². The van der Waals surface area contributed by atoms with E-state index in [4.69, 9.17) is 4.55 Å². The van der Waals surface area contributed by atoms with Crippen molar-refractivity contribution in [3.63, 3.8) is 0 Å². The Kier molecular flexibility index (Phi) is 3.83. The van der Waals surface area contributed by atoms with Gasteiger partial charge in [-0.2, -0.15) is 13.5 Å². The molecular weight excluding hydrogens is 328 g/mol. The SMILES string of the molecule is CN(C)Cc1cn(C2=CC3CN(C2)C(=O)N3OS(=O)(=O)O)nn1. The summed E-state index contributed by atoms with van der Waals surface area (Å²) in [6.07, 6.45) is 3.41. The third kappa shape index (κ3) is 3.34. The first-order valence-corrected chi connectivity index (χ1v) is 8.11. The summed E-state index contributed by atoms with van der Waals surface area (Å²) in [6.45, 7) is 1.14. The fraction of sp³-hybridized carbons (Fsp3) is 0.545. The smallest absolute Gasteiger partial charge is 0.314 e. The van der Waals surface area contributed by atoms with E-state index in [1.165, 1.54) is 4.90 Å². The van der Waals surface area contributed by atoms with E-state index in [1.54, 1.807) is 17.0 Å². The number of fused-ring (bicyclic) bond motifs is 2. The zero-order valence-electron chi connectivity index (χ0n) is 12.5. The van der Waals surface area contributed by atoms with Crippen LogP contribution in [0, 0.1) is 0 Å². The number of aromatic nitrogens is 3. The summed E-state index contributed by atoms with van der Waals surface area (Å²) in [5.41, 5.74) is 1.44. The van der Waals surface area contributed by atoms with Crippen LogP contribution in [0.5, 0.6) is 0 Å². The van der Waals surface area contributed by atoms with Crippen LogP contribution in [-0.2, 0) is 21.2 Å². The van der Waals surface area contributed by atoms with Crippen LogP contribution in [0.3, 0.4) is 0 Å². The van der Waals surface area contributed by atoms with Crippen LogP contribution in [0.4, 0.5) is 4.79 Å². The summed E-state index contributed by atoms with van der Waals surface area (Å²) in [6, 6.07) is -1.26. The summed E-state index contributed by atoms with van der Waals surface area (Å²) in [5.74, 6) is 0. The van der Waals surface area contributed by atoms with Crippen molar-refractivity contribution < 1.29 is 22.0 Å². The molecule has 2 amide bonds. The maximum absolute atomic E-state index is 12.1. The van der Waals surface area contributed by atoms with Crippen molar-refractivity contribution in [2.45, 2.75) is 12.6 Å². The van der Waals surface area contributed by atoms with Gasteiger partial charge in [0.15, 0.2) is 0 Å². The van der Waals surface area contributed by atoms with E-state index >= 15 is 0 Å². The molecule has 0 saturated carbocycles. The molecule has 11 nitrogen and oxygen atoms in total. The molecule has 3 rings (SSSR count). The lowest BCUT2D eigenvalue weighted by Crippen LogP contribution is -2.35. The Labute approximate surface area is 132 Å². The average Bonchev–Trinajstić information content (AvgIpc) is 2.97. The minimum atomic E-state index is -4.76. The van der Waals surface area contributed by atoms with E-state index in [-0.39, 0.29) is 13.1 Å². The number of amides is 2. The molecule has 3 heterocycles. The molecule has 0 aromatic carbocycles. The molecule has 2 aliphatic rings. The number of carbonyl (C=O) groups is 1. The van der Waals surface area contributed by atoms with Gasteiger partial charge in [0.25, 0.3) is 0 Å². The van der Waals surface area contributed by atoms with Crippen molar-refractivity contribution in [1.82, 2.24) is 29.9 Å². The maximum atomic E-state index is 12.1. The monoisotopic (exact) mass is 344 g/mol. The van der Waals surface area contributed by atoms with Gasteiger partial charge in [-0.15, -0.1) is 9.38 Å². The molecule has 1 aromatic heterocycles. The number of carbonyl (C=O) groups excluding carboxylic acids is 1. The first-order valence-electron chi connectivity index (χ1n) is 6.75. The highest BCUT2D eigenvalue weighted by atomic mass is 32.3. The predicted molar refractivity (Wildman–Crippen MR) is 76.9 cm³/mol. The van der Waals surface area contributed by atoms with Crippen LogP contribution < -0.4 is 0 Å². The number of urea groups is 1. The molecule has 0 radical (unpaired) electrons. The lowest BCUT2D eigenvalue weighted by molar-refractivity contribution is -0.0183. The molecule has 1 unspecified atom stereocenters. The van der Waals surface area contributed by atoms with Crippen LogP contribution in [0.1, 0.15) is 5.69 Å². The molecule has 0 aliphatic carbocycles. The van der Waals surface area contributed by atoms with Gasteiger partial charge < -0.3 is 9.80 Å². The van der Waals surface area contributed by atoms with Crippen molar-refractivity contribution in [3.05, 3.63) is 18.0 Å². The fourth-order valence-corrected chi connectivity index (χ4v) is 2.93. The van der Waals surface area contributed by atoms with Crippen molar-refractivity contribution in [2.75, 3.05) is 27.2 Å². The first-order chi connectivity index (χ1) is 10.7. The largest absolute Gasteiger partial charge is 0.418 e. The highest BCUT2D eigenvalue weighted by Gasteiger charge is 2.43. The Morgan fingerprint density at radius 1 is 1.48 bits per heavy atom. The van der Waals surface area contributed by atoms with Crippen molar-refractivity contribution in [1.29, 1.82) is 0 Å². The second-order valence-electron chi connectivity index (χ2n) is 5.61. The molecule has 126 valence electrons. The quantitative estimate of drug-likeness (QED) is 0.678. The van der Waals surface area contributed by atoms with Gasteiger partial charge >= 0.3 is 16.4 Å². The number of rotatable bonds is 5. The van der Waals surface area contributed by atoms with Gasteiger partial charge in [-0.1, -0.05) is 5.21 Å². The van der Waals surface area contributed by atoms with Crippen LogP contribution in [0.15, 0.2) is 12.3 Å². The van der Waals surface area contributed by atoms with Gasteiger partial charge in [-0.25, -0.2) is 9.48 Å². The van der Waals surface area contributed by atoms with E-state index < -0.39 is 22.5 Å². The molecule has 0 spiro atoms. The van der Waals surface area contributed by atoms with Gasteiger partial charge in [0.05, 0.1) is 24.1 Å². The Morgan fingerprint density at radius 3 is 2.87 bits per heavy atom. The zero-order chi connectivity index (χ0) is 16.8. The summed E-state index contributed by atoms with van der Waals surface area (Å²) >= 11 is 0. The van der Waals surface area contributed by atoms with Gasteiger partial charge in [0.1, 0.15) is 6.04 Å². The van der Waals surface area contributed by atoms with Gasteiger partial charge in [-0.3, -0.25) is 4.55 Å². The molecule has 2 bridgehead atoms. The number of hydroxylamine groups is 2. The maximum Gasteiger partial charge on any atom is 0.418 e. The number of hydrogen-bond acceptors (Lipinski definition) is 7. The topological polar surface area (TPSA) is 121 Å². The minimum absolute atomic E-state index is 0.242. The highest BCUT2D eigenvalue weighted by Crippen LogP contribution is 2.27. The summed E-state index contributed by atoms with van der Waals surface area (Å²) < 4.78 is 36.3. The molecule has 1 fully saturated rings. The predicted octanol–water partition coefficient (Wildman–Crippen LogP) is -0.965. The zero-order valence-corrected chi connectivity index (χ0v) is 13.3. The standard InChI is InChI=1S/C11H16N6O5S/c1-14(2)4-8-5-16(13-12-8)9-3-10-7-15(6-9)11(18)17(10)22-23(19,20)21/h3,5,10H,4,6-7H2,1-2H3,(H,19,20,21). The van der Waals surface area contributed by atoms with Crippen molar-refractivity contribution in [3.8, 4) is 0 Å². The molecule has 23 heavy (non-hydrogen) atoms. The molecule has 2 aliphatic heterocycles. The summed E-state index contributed by atoms with van der Waals surface area (Å²) in [4.78, 5) is 15.4. The van der Waals surface area contributed by atoms with E-state index in [0.717, 1.165) is 5.69 Å². The van der Waals surface area contributed by atoms with Gasteiger partial charge in [-0.05, 0) is 20.2 Å². The molecule has 1 aromatic rings. The van der Waals surface area contributed by atoms with Gasteiger partial charge in [0.2, 0.25) is 0 Å². The molecular formula is C11H16N6O5S. The average molecular weight is 344 g/mol.